The molecule has 1 atom stereocenters. The lowest BCUT2D eigenvalue weighted by atomic mass is 9.92. The Morgan fingerprint density at radius 2 is 0.914 bits per heavy atom. The Balaban J connectivity index is 2.45. The smallest absolute Gasteiger partial charge is 0.111 e. The minimum Gasteiger partial charge on any atom is -0.332 e. The van der Waals surface area contributed by atoms with E-state index in [1.807, 2.05) is 0 Å². The van der Waals surface area contributed by atoms with Crippen molar-refractivity contribution in [3.05, 3.63) is 18.2 Å². The van der Waals surface area contributed by atoms with Crippen molar-refractivity contribution in [1.29, 1.82) is 0 Å². The van der Waals surface area contributed by atoms with E-state index < -0.39 is 0 Å². The Bertz CT molecular complexity index is 527. The van der Waals surface area contributed by atoms with Gasteiger partial charge in [0.05, 0.1) is 0 Å². The molecule has 1 aromatic heterocycles. The second-order valence-electron chi connectivity index (χ2n) is 11.5. The summed E-state index contributed by atoms with van der Waals surface area (Å²) in [5, 5.41) is 0. The van der Waals surface area contributed by atoms with Gasteiger partial charge in [-0.05, 0) is 26.2 Å². The fourth-order valence-electron chi connectivity index (χ4n) is 5.65. The molecule has 206 valence electrons. The van der Waals surface area contributed by atoms with Crippen molar-refractivity contribution in [3.8, 4) is 0 Å². The second-order valence-corrected chi connectivity index (χ2v) is 11.5. The Hall–Kier alpha value is -0.790. The summed E-state index contributed by atoms with van der Waals surface area (Å²) in [7, 11) is 0. The second kappa shape index (κ2) is 23.6. The predicted octanol–water partition coefficient (Wildman–Crippen LogP) is 11.9. The van der Waals surface area contributed by atoms with Crippen LogP contribution in [0.5, 0.6) is 0 Å². The van der Waals surface area contributed by atoms with Crippen molar-refractivity contribution < 1.29 is 0 Å². The first-order chi connectivity index (χ1) is 17.2. The Morgan fingerprint density at radius 3 is 1.37 bits per heavy atom. The standard InChI is InChI=1S/C33H64N2/c1-5-8-11-13-15-17-19-21-24-27-32(28-25-22-20-18-16-14-12-9-6-2)33-34-29-30-35(33)31(4)26-23-10-7-3/h29-32H,5-28H2,1-4H3. The summed E-state index contributed by atoms with van der Waals surface area (Å²) in [6, 6.07) is 0.591. The molecule has 2 heteroatoms. The van der Waals surface area contributed by atoms with E-state index in [2.05, 4.69) is 44.7 Å². The van der Waals surface area contributed by atoms with Gasteiger partial charge in [0.25, 0.3) is 0 Å². The molecular formula is C33H64N2. The summed E-state index contributed by atoms with van der Waals surface area (Å²) in [4.78, 5) is 4.94. The minimum absolute atomic E-state index is 0.591. The van der Waals surface area contributed by atoms with Gasteiger partial charge in [-0.15, -0.1) is 0 Å². The van der Waals surface area contributed by atoms with Crippen molar-refractivity contribution >= 4 is 0 Å². The fraction of sp³-hybridized carbons (Fsp3) is 0.909. The lowest BCUT2D eigenvalue weighted by Gasteiger charge is -2.22. The lowest BCUT2D eigenvalue weighted by molar-refractivity contribution is 0.414. The van der Waals surface area contributed by atoms with Gasteiger partial charge in [-0.3, -0.25) is 0 Å². The molecule has 1 aromatic rings. The Labute approximate surface area is 221 Å². The van der Waals surface area contributed by atoms with E-state index in [0.717, 1.165) is 0 Å². The van der Waals surface area contributed by atoms with E-state index in [1.54, 1.807) is 0 Å². The summed E-state index contributed by atoms with van der Waals surface area (Å²) in [6.07, 6.45) is 37.9. The summed E-state index contributed by atoms with van der Waals surface area (Å²) in [5.74, 6) is 2.06. The summed E-state index contributed by atoms with van der Waals surface area (Å²) in [6.45, 7) is 9.33. The van der Waals surface area contributed by atoms with Crippen LogP contribution in [-0.2, 0) is 0 Å². The molecule has 0 fully saturated rings. The molecule has 0 saturated heterocycles. The molecule has 2 nitrogen and oxygen atoms in total. The highest BCUT2D eigenvalue weighted by Gasteiger charge is 2.19. The monoisotopic (exact) mass is 489 g/mol. The van der Waals surface area contributed by atoms with Gasteiger partial charge in [0, 0.05) is 24.4 Å². The van der Waals surface area contributed by atoms with Crippen molar-refractivity contribution in [2.24, 2.45) is 0 Å². The molecule has 0 saturated carbocycles. The zero-order valence-corrected chi connectivity index (χ0v) is 24.7. The van der Waals surface area contributed by atoms with E-state index >= 15 is 0 Å². The van der Waals surface area contributed by atoms with Gasteiger partial charge in [0.1, 0.15) is 5.82 Å². The third kappa shape index (κ3) is 16.6. The number of nitrogens with zero attached hydrogens (tertiary/aromatic N) is 2. The molecular weight excluding hydrogens is 424 g/mol. The number of hydrogen-bond donors (Lipinski definition) is 0. The van der Waals surface area contributed by atoms with Crippen LogP contribution >= 0.6 is 0 Å². The van der Waals surface area contributed by atoms with Crippen LogP contribution in [-0.4, -0.2) is 9.55 Å². The van der Waals surface area contributed by atoms with Crippen molar-refractivity contribution in [2.45, 2.75) is 194 Å². The highest BCUT2D eigenvalue weighted by molar-refractivity contribution is 5.02. The van der Waals surface area contributed by atoms with Crippen LogP contribution in [0.2, 0.25) is 0 Å². The lowest BCUT2D eigenvalue weighted by Crippen LogP contribution is -2.13. The van der Waals surface area contributed by atoms with Gasteiger partial charge >= 0.3 is 0 Å². The summed E-state index contributed by atoms with van der Waals surface area (Å²) >= 11 is 0. The van der Waals surface area contributed by atoms with E-state index in [9.17, 15) is 0 Å². The van der Waals surface area contributed by atoms with Gasteiger partial charge in [-0.2, -0.15) is 0 Å². The molecule has 0 bridgehead atoms. The SMILES string of the molecule is CCCCCCCCCCCC(CCCCCCCCCCC)c1nccn1C(C)CCCCC. The maximum absolute atomic E-state index is 4.94. The first kappa shape index (κ1) is 32.2. The molecule has 0 aliphatic carbocycles. The van der Waals surface area contributed by atoms with Crippen LogP contribution in [0.25, 0.3) is 0 Å². The summed E-state index contributed by atoms with van der Waals surface area (Å²) in [5.41, 5.74) is 0. The van der Waals surface area contributed by atoms with Crippen molar-refractivity contribution in [2.75, 3.05) is 0 Å². The Kier molecular flexibility index (Phi) is 21.7. The van der Waals surface area contributed by atoms with Crippen LogP contribution in [0.15, 0.2) is 12.4 Å². The predicted molar refractivity (Wildman–Crippen MR) is 158 cm³/mol. The number of rotatable bonds is 26. The molecule has 1 unspecified atom stereocenters. The van der Waals surface area contributed by atoms with Crippen molar-refractivity contribution in [1.82, 2.24) is 9.55 Å². The van der Waals surface area contributed by atoms with E-state index in [-0.39, 0.29) is 0 Å². The zero-order chi connectivity index (χ0) is 25.4. The first-order valence-corrected chi connectivity index (χ1v) is 16.3. The van der Waals surface area contributed by atoms with E-state index in [0.29, 0.717) is 12.0 Å². The van der Waals surface area contributed by atoms with Crippen LogP contribution < -0.4 is 0 Å². The minimum atomic E-state index is 0.591. The largest absolute Gasteiger partial charge is 0.332 e. The van der Waals surface area contributed by atoms with Crippen LogP contribution in [0, 0.1) is 0 Å². The molecule has 0 aliphatic heterocycles. The topological polar surface area (TPSA) is 17.8 Å². The molecule has 0 radical (unpaired) electrons. The average Bonchev–Trinajstić information content (AvgIpc) is 3.35. The third-order valence-corrected chi connectivity index (χ3v) is 8.08. The molecule has 0 aromatic carbocycles. The highest BCUT2D eigenvalue weighted by Crippen LogP contribution is 2.30. The number of aromatic nitrogens is 2. The molecule has 0 N–H and O–H groups in total. The maximum Gasteiger partial charge on any atom is 0.111 e. The number of imidazole rings is 1. The normalized spacial score (nSPS) is 12.6. The zero-order valence-electron chi connectivity index (χ0n) is 24.7. The molecule has 1 rings (SSSR count). The van der Waals surface area contributed by atoms with E-state index in [1.165, 1.54) is 160 Å². The Morgan fingerprint density at radius 1 is 0.543 bits per heavy atom. The average molecular weight is 489 g/mol. The fourth-order valence-corrected chi connectivity index (χ4v) is 5.65. The van der Waals surface area contributed by atoms with E-state index in [4.69, 9.17) is 4.98 Å². The molecule has 0 aliphatic rings. The number of unbranched alkanes of at least 4 members (excludes halogenated alkanes) is 18. The first-order valence-electron chi connectivity index (χ1n) is 16.3. The van der Waals surface area contributed by atoms with Gasteiger partial charge in [-0.25, -0.2) is 4.98 Å². The third-order valence-electron chi connectivity index (χ3n) is 8.08. The highest BCUT2D eigenvalue weighted by atomic mass is 15.1. The van der Waals surface area contributed by atoms with Gasteiger partial charge < -0.3 is 4.57 Å². The maximum atomic E-state index is 4.94. The van der Waals surface area contributed by atoms with Gasteiger partial charge in [0.15, 0.2) is 0 Å². The molecule has 0 amide bonds. The van der Waals surface area contributed by atoms with Crippen LogP contribution in [0.3, 0.4) is 0 Å². The van der Waals surface area contributed by atoms with Gasteiger partial charge in [-0.1, -0.05) is 156 Å². The van der Waals surface area contributed by atoms with Crippen LogP contribution in [0.4, 0.5) is 0 Å². The molecule has 1 heterocycles. The quantitative estimate of drug-likeness (QED) is 0.118. The molecule has 0 spiro atoms. The van der Waals surface area contributed by atoms with Gasteiger partial charge in [0.2, 0.25) is 0 Å². The van der Waals surface area contributed by atoms with Crippen molar-refractivity contribution in [3.63, 3.8) is 0 Å². The molecule has 35 heavy (non-hydrogen) atoms. The number of hydrogen-bond acceptors (Lipinski definition) is 1. The van der Waals surface area contributed by atoms with Crippen LogP contribution in [0.1, 0.15) is 200 Å². The summed E-state index contributed by atoms with van der Waals surface area (Å²) < 4.78 is 2.54.